The van der Waals surface area contributed by atoms with Gasteiger partial charge in [-0.15, -0.1) is 0 Å². The van der Waals surface area contributed by atoms with Crippen LogP contribution in [-0.4, -0.2) is 42.6 Å². The lowest BCUT2D eigenvalue weighted by Gasteiger charge is -2.36. The van der Waals surface area contributed by atoms with Crippen LogP contribution in [0.25, 0.3) is 22.4 Å². The Bertz CT molecular complexity index is 1070. The van der Waals surface area contributed by atoms with E-state index in [1.165, 1.54) is 6.20 Å². The maximum Gasteiger partial charge on any atom is 0.220 e. The topological polar surface area (TPSA) is 130 Å². The molecule has 0 saturated heterocycles. The lowest BCUT2D eigenvalue weighted by molar-refractivity contribution is -0.124. The maximum absolute atomic E-state index is 14.4. The number of fused-ring (bicyclic) bond motifs is 1. The van der Waals surface area contributed by atoms with Crippen LogP contribution in [-0.2, 0) is 4.79 Å². The number of anilines is 1. The Morgan fingerprint density at radius 3 is 3.07 bits per heavy atom. The fraction of sp³-hybridized carbons (Fsp3) is 0.368. The highest BCUT2D eigenvalue weighted by molar-refractivity contribution is 6.31. The molecule has 0 aliphatic heterocycles. The van der Waals surface area contributed by atoms with Crippen molar-refractivity contribution in [1.29, 1.82) is 0 Å². The summed E-state index contributed by atoms with van der Waals surface area (Å²) in [5.74, 6) is -0.816. The van der Waals surface area contributed by atoms with Crippen LogP contribution < -0.4 is 11.1 Å². The van der Waals surface area contributed by atoms with E-state index in [0.717, 1.165) is 11.6 Å². The first-order valence-corrected chi connectivity index (χ1v) is 9.63. The summed E-state index contributed by atoms with van der Waals surface area (Å²) in [7, 11) is 0. The number of nitrogens with two attached hydrogens (primary N) is 1. The molecule has 3 heterocycles. The number of hydrogen-bond donors (Lipinski definition) is 4. The highest BCUT2D eigenvalue weighted by Crippen LogP contribution is 2.33. The largest absolute Gasteiger partial charge is 0.389 e. The standard InChI is InChI=1S/C19H20ClFN6O2/c20-10-4-12-13(8-24-16(12)23-7-10)17-25-9-14(21)18(27-17)26-11-2-1-3-19(29,5-11)6-15(22)28/h4,7-9,11,29H,1-3,5-6H2,(H2,22,28)(H,23,24)(H,25,26,27)/t11-,19-/m0/s1. The van der Waals surface area contributed by atoms with Gasteiger partial charge in [0, 0.05) is 29.4 Å². The number of aromatic nitrogens is 4. The number of nitrogens with one attached hydrogen (secondary N) is 2. The predicted octanol–water partition coefficient (Wildman–Crippen LogP) is 2.77. The average Bonchev–Trinajstić information content (AvgIpc) is 3.05. The third-order valence-corrected chi connectivity index (χ3v) is 5.35. The van der Waals surface area contributed by atoms with Crippen LogP contribution in [0.3, 0.4) is 0 Å². The lowest BCUT2D eigenvalue weighted by atomic mass is 9.79. The van der Waals surface area contributed by atoms with Gasteiger partial charge in [-0.3, -0.25) is 4.79 Å². The minimum atomic E-state index is -1.19. The van der Waals surface area contributed by atoms with Crippen molar-refractivity contribution in [3.63, 3.8) is 0 Å². The molecule has 152 valence electrons. The van der Waals surface area contributed by atoms with Gasteiger partial charge in [0.1, 0.15) is 5.65 Å². The van der Waals surface area contributed by atoms with E-state index in [1.807, 2.05) is 0 Å². The van der Waals surface area contributed by atoms with Crippen molar-refractivity contribution >= 4 is 34.4 Å². The predicted molar refractivity (Wildman–Crippen MR) is 107 cm³/mol. The number of aromatic amines is 1. The third kappa shape index (κ3) is 4.15. The zero-order chi connectivity index (χ0) is 20.6. The first kappa shape index (κ1) is 19.5. The monoisotopic (exact) mass is 418 g/mol. The molecule has 0 bridgehead atoms. The van der Waals surface area contributed by atoms with Crippen LogP contribution in [0.5, 0.6) is 0 Å². The zero-order valence-electron chi connectivity index (χ0n) is 15.5. The molecule has 5 N–H and O–H groups in total. The molecule has 2 atom stereocenters. The van der Waals surface area contributed by atoms with E-state index in [4.69, 9.17) is 17.3 Å². The molecule has 0 aromatic carbocycles. The fourth-order valence-electron chi connectivity index (χ4n) is 3.90. The second kappa shape index (κ2) is 7.57. The summed E-state index contributed by atoms with van der Waals surface area (Å²) in [6.07, 6.45) is 6.36. The number of carbonyl (C=O) groups excluding carboxylic acids is 1. The summed E-state index contributed by atoms with van der Waals surface area (Å²) < 4.78 is 14.4. The van der Waals surface area contributed by atoms with Gasteiger partial charge in [-0.2, -0.15) is 0 Å². The second-order valence-electron chi connectivity index (χ2n) is 7.45. The van der Waals surface area contributed by atoms with E-state index in [0.29, 0.717) is 41.3 Å². The molecule has 1 saturated carbocycles. The Hall–Kier alpha value is -2.78. The molecule has 10 heteroatoms. The minimum absolute atomic E-state index is 0.0349. The van der Waals surface area contributed by atoms with Gasteiger partial charge in [0.15, 0.2) is 17.5 Å². The number of primary amides is 1. The number of rotatable bonds is 5. The number of pyridine rings is 1. The molecule has 1 aliphatic rings. The Morgan fingerprint density at radius 1 is 1.45 bits per heavy atom. The third-order valence-electron chi connectivity index (χ3n) is 5.15. The number of H-pyrrole nitrogens is 1. The number of nitrogens with zero attached hydrogens (tertiary/aromatic N) is 3. The van der Waals surface area contributed by atoms with Gasteiger partial charge in [-0.25, -0.2) is 19.3 Å². The molecule has 1 aliphatic carbocycles. The van der Waals surface area contributed by atoms with E-state index in [1.54, 1.807) is 12.3 Å². The van der Waals surface area contributed by atoms with Gasteiger partial charge in [-0.1, -0.05) is 11.6 Å². The van der Waals surface area contributed by atoms with Gasteiger partial charge < -0.3 is 21.1 Å². The van der Waals surface area contributed by atoms with Crippen LogP contribution in [0, 0.1) is 5.82 Å². The van der Waals surface area contributed by atoms with Gasteiger partial charge in [0.2, 0.25) is 5.91 Å². The molecule has 0 spiro atoms. The fourth-order valence-corrected chi connectivity index (χ4v) is 4.06. The van der Waals surface area contributed by atoms with Crippen LogP contribution in [0.15, 0.2) is 24.7 Å². The number of halogens is 2. The highest BCUT2D eigenvalue weighted by Gasteiger charge is 2.36. The van der Waals surface area contributed by atoms with Gasteiger partial charge in [-0.05, 0) is 31.7 Å². The van der Waals surface area contributed by atoms with Crippen molar-refractivity contribution in [2.45, 2.75) is 43.7 Å². The van der Waals surface area contributed by atoms with Crippen LogP contribution in [0.4, 0.5) is 10.2 Å². The maximum atomic E-state index is 14.4. The van der Waals surface area contributed by atoms with E-state index in [2.05, 4.69) is 25.3 Å². The van der Waals surface area contributed by atoms with Gasteiger partial charge >= 0.3 is 0 Å². The average molecular weight is 419 g/mol. The van der Waals surface area contributed by atoms with E-state index < -0.39 is 17.3 Å². The molecular weight excluding hydrogens is 399 g/mol. The summed E-state index contributed by atoms with van der Waals surface area (Å²) in [6.45, 7) is 0. The number of amides is 1. The van der Waals surface area contributed by atoms with Crippen LogP contribution in [0.1, 0.15) is 32.1 Å². The Kier molecular flexibility index (Phi) is 5.10. The summed E-state index contributed by atoms with van der Waals surface area (Å²) in [6, 6.07) is 1.49. The summed E-state index contributed by atoms with van der Waals surface area (Å²) >= 11 is 6.04. The van der Waals surface area contributed by atoms with Crippen molar-refractivity contribution in [3.8, 4) is 11.4 Å². The number of aliphatic hydroxyl groups is 1. The van der Waals surface area contributed by atoms with Crippen LogP contribution in [0.2, 0.25) is 5.02 Å². The van der Waals surface area contributed by atoms with Crippen molar-refractivity contribution in [2.24, 2.45) is 5.73 Å². The molecular formula is C19H20ClFN6O2. The molecule has 0 radical (unpaired) electrons. The van der Waals surface area contributed by atoms with Crippen molar-refractivity contribution < 1.29 is 14.3 Å². The van der Waals surface area contributed by atoms with Crippen molar-refractivity contribution in [1.82, 2.24) is 19.9 Å². The highest BCUT2D eigenvalue weighted by atomic mass is 35.5. The lowest BCUT2D eigenvalue weighted by Crippen LogP contribution is -2.43. The molecule has 4 rings (SSSR count). The molecule has 29 heavy (non-hydrogen) atoms. The molecule has 3 aromatic heterocycles. The molecule has 8 nitrogen and oxygen atoms in total. The first-order chi connectivity index (χ1) is 13.8. The number of hydrogen-bond acceptors (Lipinski definition) is 6. The van der Waals surface area contributed by atoms with Crippen LogP contribution >= 0.6 is 11.6 Å². The molecule has 3 aromatic rings. The smallest absolute Gasteiger partial charge is 0.220 e. The summed E-state index contributed by atoms with van der Waals surface area (Å²) in [4.78, 5) is 26.9. The first-order valence-electron chi connectivity index (χ1n) is 9.26. The second-order valence-corrected chi connectivity index (χ2v) is 7.88. The van der Waals surface area contributed by atoms with E-state index in [-0.39, 0.29) is 24.7 Å². The van der Waals surface area contributed by atoms with E-state index in [9.17, 15) is 14.3 Å². The summed E-state index contributed by atoms with van der Waals surface area (Å²) in [5.41, 5.74) is 5.32. The Morgan fingerprint density at radius 2 is 2.28 bits per heavy atom. The van der Waals surface area contributed by atoms with E-state index >= 15 is 0 Å². The minimum Gasteiger partial charge on any atom is -0.389 e. The van der Waals surface area contributed by atoms with Gasteiger partial charge in [0.25, 0.3) is 0 Å². The summed E-state index contributed by atoms with van der Waals surface area (Å²) in [5, 5.41) is 14.9. The molecule has 0 unspecified atom stereocenters. The normalized spacial score (nSPS) is 22.0. The quantitative estimate of drug-likeness (QED) is 0.504. The molecule has 1 amide bonds. The Labute approximate surface area is 170 Å². The Balaban J connectivity index is 1.60. The molecule has 1 fully saturated rings. The SMILES string of the molecule is NC(=O)C[C@]1(O)CCC[C@H](Nc2nc(-c3c[nH]c4ncc(Cl)cc34)ncc2F)C1. The zero-order valence-corrected chi connectivity index (χ0v) is 16.2. The van der Waals surface area contributed by atoms with Gasteiger partial charge in [0.05, 0.1) is 23.2 Å². The van der Waals surface area contributed by atoms with Crippen molar-refractivity contribution in [2.75, 3.05) is 5.32 Å². The van der Waals surface area contributed by atoms with Crippen molar-refractivity contribution in [3.05, 3.63) is 35.5 Å². The number of carbonyl (C=O) groups is 1.